The molecule has 400 valence electrons. The van der Waals surface area contributed by atoms with E-state index in [2.05, 4.69) is 73.0 Å². The molecule has 16 nitrogen and oxygen atoms in total. The van der Waals surface area contributed by atoms with Crippen molar-refractivity contribution < 1.29 is 47.4 Å². The zero-order chi connectivity index (χ0) is 53.8. The van der Waals surface area contributed by atoms with Gasteiger partial charge >= 0.3 is 6.09 Å². The van der Waals surface area contributed by atoms with Crippen LogP contribution in [0, 0.1) is 11.3 Å². The molecule has 3 unspecified atom stereocenters. The molecule has 0 bridgehead atoms. The van der Waals surface area contributed by atoms with Crippen LogP contribution in [0.2, 0.25) is 0 Å². The molecule has 0 radical (unpaired) electrons. The van der Waals surface area contributed by atoms with Gasteiger partial charge in [0.2, 0.25) is 12.3 Å². The number of carbonyl (C=O) groups is 2. The minimum atomic E-state index is -1.72. The number of rotatable bonds is 23. The third-order valence-corrected chi connectivity index (χ3v) is 15.9. The number of benzene rings is 5. The lowest BCUT2D eigenvalue weighted by atomic mass is 9.80. The number of amidine groups is 1. The van der Waals surface area contributed by atoms with E-state index < -0.39 is 45.0 Å². The molecule has 0 aromatic heterocycles. The smallest absolute Gasteiger partial charge is 0.409 e. The molecule has 17 heteroatoms. The fourth-order valence-corrected chi connectivity index (χ4v) is 11.9. The lowest BCUT2D eigenvalue weighted by molar-refractivity contribution is -0.128. The Bertz CT molecular complexity index is 2730. The van der Waals surface area contributed by atoms with Crippen LogP contribution in [0.25, 0.3) is 11.1 Å². The van der Waals surface area contributed by atoms with E-state index in [9.17, 15) is 20.0 Å². The van der Waals surface area contributed by atoms with Crippen LogP contribution in [0.5, 0.6) is 11.5 Å². The first-order chi connectivity index (χ1) is 36.8. The number of fused-ring (bicyclic) bond motifs is 3. The van der Waals surface area contributed by atoms with E-state index in [0.29, 0.717) is 24.5 Å². The highest BCUT2D eigenvalue weighted by Crippen LogP contribution is 2.51. The molecule has 5 aromatic rings. The Morgan fingerprint density at radius 2 is 1.42 bits per heavy atom. The zero-order valence-electron chi connectivity index (χ0n) is 44.3. The van der Waals surface area contributed by atoms with E-state index in [-0.39, 0.29) is 68.8 Å². The Hall–Kier alpha value is -6.67. The fraction of sp³-hybridized carbons (Fsp3) is 0.390. The second kappa shape index (κ2) is 25.9. The number of amides is 2. The molecule has 0 spiro atoms. The van der Waals surface area contributed by atoms with Gasteiger partial charge in [-0.15, -0.1) is 0 Å². The van der Waals surface area contributed by atoms with Gasteiger partial charge < -0.3 is 53.0 Å². The maximum absolute atomic E-state index is 13.2. The number of ether oxygens (including phenoxy) is 5. The van der Waals surface area contributed by atoms with Gasteiger partial charge in [-0.3, -0.25) is 4.79 Å². The van der Waals surface area contributed by atoms with Crippen molar-refractivity contribution in [3.8, 4) is 28.7 Å². The Morgan fingerprint density at radius 3 is 1.99 bits per heavy atom. The SMILES string of the molecule is COc1ccc(C(OC[C@H]2OC(N3C=CC(NC(=O)CCCN(C)C(=O)OCC4c5ccccc5-c5ccccc54)=NC3O)C[C@@H]2OP(OCCC#N)N(C(C)C)C(C)C)(c2ccccc2)c2ccc(OC)cc2)cc1. The van der Waals surface area contributed by atoms with Crippen molar-refractivity contribution in [3.05, 3.63) is 167 Å². The first-order valence-electron chi connectivity index (χ1n) is 25.8. The first-order valence-corrected chi connectivity index (χ1v) is 26.9. The summed E-state index contributed by atoms with van der Waals surface area (Å²) >= 11 is 0. The number of aliphatic hydroxyl groups excluding tert-OH is 1. The van der Waals surface area contributed by atoms with Crippen molar-refractivity contribution in [2.75, 3.05) is 47.6 Å². The summed E-state index contributed by atoms with van der Waals surface area (Å²) in [7, 11) is 3.19. The number of carbonyl (C=O) groups excluding carboxylic acids is 2. The third kappa shape index (κ3) is 12.8. The zero-order valence-corrected chi connectivity index (χ0v) is 45.2. The number of aliphatic imine (C=N–C) groups is 1. The normalized spacial score (nSPS) is 18.5. The molecule has 1 aliphatic carbocycles. The molecule has 1 fully saturated rings. The summed E-state index contributed by atoms with van der Waals surface area (Å²) in [5.41, 5.74) is 5.95. The molecule has 2 N–H and O–H groups in total. The van der Waals surface area contributed by atoms with Gasteiger partial charge in [-0.1, -0.05) is 103 Å². The second-order valence-electron chi connectivity index (χ2n) is 19.4. The molecule has 8 rings (SSSR count). The maximum atomic E-state index is 13.2. The van der Waals surface area contributed by atoms with Gasteiger partial charge in [-0.25, -0.2) is 14.5 Å². The summed E-state index contributed by atoms with van der Waals surface area (Å²) in [6.07, 6.45) is 0.196. The fourth-order valence-electron chi connectivity index (χ4n) is 10.1. The average molecular weight is 1050 g/mol. The molecule has 5 aromatic carbocycles. The lowest BCUT2D eigenvalue weighted by Gasteiger charge is -2.39. The second-order valence-corrected chi connectivity index (χ2v) is 20.8. The molecular formula is C59H69N6O10P. The van der Waals surface area contributed by atoms with Crippen molar-refractivity contribution in [2.45, 2.75) is 102 Å². The van der Waals surface area contributed by atoms with Gasteiger partial charge in [0.05, 0.1) is 46.0 Å². The number of nitrogens with zero attached hydrogens (tertiary/aromatic N) is 5. The monoisotopic (exact) mass is 1050 g/mol. The largest absolute Gasteiger partial charge is 0.497 e. The Kier molecular flexibility index (Phi) is 18.9. The Labute approximate surface area is 447 Å². The molecule has 2 amide bonds. The quantitative estimate of drug-likeness (QED) is 0.0359. The van der Waals surface area contributed by atoms with E-state index in [1.54, 1.807) is 38.4 Å². The lowest BCUT2D eigenvalue weighted by Crippen LogP contribution is -2.43. The highest BCUT2D eigenvalue weighted by Gasteiger charge is 2.46. The molecular weight excluding hydrogens is 984 g/mol. The van der Waals surface area contributed by atoms with Crippen LogP contribution in [0.15, 0.2) is 145 Å². The van der Waals surface area contributed by atoms with Gasteiger partial charge in [0, 0.05) is 50.6 Å². The molecule has 0 saturated carbocycles. The summed E-state index contributed by atoms with van der Waals surface area (Å²) in [6.45, 7) is 9.00. The molecule has 2 aliphatic heterocycles. The predicted octanol–water partition coefficient (Wildman–Crippen LogP) is 10.1. The number of hydrogen-bond acceptors (Lipinski definition) is 14. The van der Waals surface area contributed by atoms with E-state index in [1.807, 2.05) is 103 Å². The molecule has 5 atom stereocenters. The van der Waals surface area contributed by atoms with Crippen LogP contribution in [0.4, 0.5) is 4.79 Å². The number of hydrogen-bond donors (Lipinski definition) is 2. The molecule has 1 saturated heterocycles. The van der Waals surface area contributed by atoms with Gasteiger partial charge in [0.1, 0.15) is 41.9 Å². The van der Waals surface area contributed by atoms with Crippen molar-refractivity contribution in [1.82, 2.24) is 19.8 Å². The van der Waals surface area contributed by atoms with E-state index in [1.165, 1.54) is 4.90 Å². The minimum Gasteiger partial charge on any atom is -0.497 e. The van der Waals surface area contributed by atoms with Crippen LogP contribution in [0.3, 0.4) is 0 Å². The number of aliphatic hydroxyl groups is 1. The summed E-state index contributed by atoms with van der Waals surface area (Å²) < 4.78 is 46.7. The van der Waals surface area contributed by atoms with Crippen LogP contribution < -0.4 is 14.8 Å². The van der Waals surface area contributed by atoms with Gasteiger partial charge in [0.15, 0.2) is 0 Å². The Balaban J connectivity index is 0.957. The summed E-state index contributed by atoms with van der Waals surface area (Å²) in [5, 5.41) is 23.9. The van der Waals surface area contributed by atoms with Crippen LogP contribution >= 0.6 is 8.53 Å². The predicted molar refractivity (Wildman–Crippen MR) is 291 cm³/mol. The third-order valence-electron chi connectivity index (χ3n) is 13.8. The summed E-state index contributed by atoms with van der Waals surface area (Å²) in [6, 6.07) is 44.2. The summed E-state index contributed by atoms with van der Waals surface area (Å²) in [4.78, 5) is 33.8. The average Bonchev–Trinajstić information content (AvgIpc) is 4.02. The van der Waals surface area contributed by atoms with Gasteiger partial charge in [-0.2, -0.15) is 5.26 Å². The minimum absolute atomic E-state index is 0.0214. The summed E-state index contributed by atoms with van der Waals surface area (Å²) in [5.74, 6) is 1.17. The van der Waals surface area contributed by atoms with E-state index in [0.717, 1.165) is 38.9 Å². The van der Waals surface area contributed by atoms with Crippen molar-refractivity contribution in [3.63, 3.8) is 0 Å². The van der Waals surface area contributed by atoms with Crippen LogP contribution in [-0.2, 0) is 33.7 Å². The van der Waals surface area contributed by atoms with Crippen molar-refractivity contribution >= 4 is 26.4 Å². The number of methoxy groups -OCH3 is 2. The topological polar surface area (TPSA) is 177 Å². The van der Waals surface area contributed by atoms with Crippen molar-refractivity contribution in [1.29, 1.82) is 5.26 Å². The van der Waals surface area contributed by atoms with Gasteiger partial charge in [-0.05, 0) is 103 Å². The number of nitrogens with one attached hydrogen (secondary N) is 1. The number of nitriles is 1. The maximum Gasteiger partial charge on any atom is 0.409 e. The first kappa shape index (κ1) is 55.6. The van der Waals surface area contributed by atoms with Gasteiger partial charge in [0.25, 0.3) is 8.53 Å². The van der Waals surface area contributed by atoms with E-state index >= 15 is 0 Å². The van der Waals surface area contributed by atoms with E-state index in [4.69, 9.17) is 32.7 Å². The standard InChI is InChI=1S/C59H69N6O10P/c1-40(2)65(41(3)4)76(73-36-16-33-60)75-52-37-56(74-53(52)39-72-59(42-17-9-8-10-18-42,43-24-28-45(69-6)29-25-43)44-26-30-46(70-7)31-27-44)64-35-32-54(62-57(64)67)61-55(66)23-15-34-63(5)58(68)71-38-51-49-21-13-11-19-47(49)48-20-12-14-22-50(48)51/h8-14,17-22,24-32,35,40-41,51-53,56-57,67H,15-16,23,34,36-39H2,1-7H3,(H,61,62,66)/t52-,53+,56?,57?,76?/m0/s1. The highest BCUT2D eigenvalue weighted by atomic mass is 31.2. The van der Waals surface area contributed by atoms with Crippen LogP contribution in [-0.4, -0.2) is 122 Å². The molecule has 76 heavy (non-hydrogen) atoms. The highest BCUT2D eigenvalue weighted by molar-refractivity contribution is 7.44. The molecule has 2 heterocycles. The van der Waals surface area contributed by atoms with Crippen molar-refractivity contribution in [2.24, 2.45) is 4.99 Å². The molecule has 3 aliphatic rings. The van der Waals surface area contributed by atoms with Crippen LogP contribution in [0.1, 0.15) is 87.1 Å². The Morgan fingerprint density at radius 1 is 0.842 bits per heavy atom.